The number of para-hydroxylation sites is 2. The molecule has 4 heteroatoms. The molecule has 0 aliphatic carbocycles. The standard InChI is InChI=1S/C13H19N3O/c1-14(2)11-7-4-5-8-12(11)16-10-6-9-15(3)13(16)17/h4-5,7-8H,6,9-10H2,1-3H3. The van der Waals surface area contributed by atoms with E-state index in [1.54, 1.807) is 4.90 Å². The number of amides is 2. The normalized spacial score (nSPS) is 16.3. The highest BCUT2D eigenvalue weighted by Crippen LogP contribution is 2.29. The fourth-order valence-electron chi connectivity index (χ4n) is 2.16. The molecule has 0 aromatic heterocycles. The van der Waals surface area contributed by atoms with Gasteiger partial charge < -0.3 is 9.80 Å². The molecule has 0 atom stereocenters. The molecule has 1 aromatic carbocycles. The van der Waals surface area contributed by atoms with Crippen LogP contribution in [0.1, 0.15) is 6.42 Å². The van der Waals surface area contributed by atoms with Gasteiger partial charge in [0.15, 0.2) is 0 Å². The van der Waals surface area contributed by atoms with E-state index in [0.29, 0.717) is 0 Å². The van der Waals surface area contributed by atoms with Gasteiger partial charge in [0.25, 0.3) is 0 Å². The van der Waals surface area contributed by atoms with Crippen molar-refractivity contribution in [3.05, 3.63) is 24.3 Å². The lowest BCUT2D eigenvalue weighted by atomic mass is 10.2. The van der Waals surface area contributed by atoms with Crippen LogP contribution in [-0.2, 0) is 0 Å². The SMILES string of the molecule is CN1CCCN(c2ccccc2N(C)C)C1=O. The second kappa shape index (κ2) is 4.65. The Labute approximate surface area is 102 Å². The van der Waals surface area contributed by atoms with Gasteiger partial charge in [-0.2, -0.15) is 0 Å². The van der Waals surface area contributed by atoms with Gasteiger partial charge in [0.2, 0.25) is 0 Å². The number of nitrogens with zero attached hydrogens (tertiary/aromatic N) is 3. The average molecular weight is 233 g/mol. The molecular formula is C13H19N3O. The van der Waals surface area contributed by atoms with Crippen molar-refractivity contribution in [1.82, 2.24) is 4.90 Å². The molecule has 92 valence electrons. The molecule has 0 unspecified atom stereocenters. The summed E-state index contributed by atoms with van der Waals surface area (Å²) < 4.78 is 0. The summed E-state index contributed by atoms with van der Waals surface area (Å²) in [7, 11) is 5.85. The molecule has 1 heterocycles. The van der Waals surface area contributed by atoms with Gasteiger partial charge in [-0.1, -0.05) is 12.1 Å². The van der Waals surface area contributed by atoms with E-state index in [1.165, 1.54) is 0 Å². The van der Waals surface area contributed by atoms with Gasteiger partial charge in [-0.15, -0.1) is 0 Å². The molecule has 2 rings (SSSR count). The van der Waals surface area contributed by atoms with E-state index in [9.17, 15) is 4.79 Å². The van der Waals surface area contributed by atoms with Crippen molar-refractivity contribution in [2.75, 3.05) is 44.0 Å². The topological polar surface area (TPSA) is 26.8 Å². The van der Waals surface area contributed by atoms with E-state index < -0.39 is 0 Å². The minimum Gasteiger partial charge on any atom is -0.376 e. The molecule has 0 spiro atoms. The maximum absolute atomic E-state index is 12.1. The number of benzene rings is 1. The number of carbonyl (C=O) groups excluding carboxylic acids is 1. The van der Waals surface area contributed by atoms with Gasteiger partial charge in [0.05, 0.1) is 11.4 Å². The first-order valence-electron chi connectivity index (χ1n) is 5.90. The Morgan fingerprint density at radius 2 is 1.88 bits per heavy atom. The van der Waals surface area contributed by atoms with Gasteiger partial charge >= 0.3 is 6.03 Å². The lowest BCUT2D eigenvalue weighted by Gasteiger charge is -2.35. The van der Waals surface area contributed by atoms with E-state index in [4.69, 9.17) is 0 Å². The summed E-state index contributed by atoms with van der Waals surface area (Å²) in [5.41, 5.74) is 2.07. The molecule has 4 nitrogen and oxygen atoms in total. The highest BCUT2D eigenvalue weighted by atomic mass is 16.2. The first-order chi connectivity index (χ1) is 8.11. The van der Waals surface area contributed by atoms with Crippen molar-refractivity contribution in [2.24, 2.45) is 0 Å². The van der Waals surface area contributed by atoms with Crippen LogP contribution >= 0.6 is 0 Å². The second-order valence-corrected chi connectivity index (χ2v) is 4.59. The summed E-state index contributed by atoms with van der Waals surface area (Å²) in [6, 6.07) is 8.11. The van der Waals surface area contributed by atoms with Crippen molar-refractivity contribution in [2.45, 2.75) is 6.42 Å². The lowest BCUT2D eigenvalue weighted by Crippen LogP contribution is -2.47. The van der Waals surface area contributed by atoms with Crippen molar-refractivity contribution in [3.63, 3.8) is 0 Å². The number of urea groups is 1. The average Bonchev–Trinajstić information content (AvgIpc) is 2.33. The van der Waals surface area contributed by atoms with E-state index in [2.05, 4.69) is 0 Å². The van der Waals surface area contributed by atoms with Gasteiger partial charge in [-0.05, 0) is 18.6 Å². The van der Waals surface area contributed by atoms with Crippen molar-refractivity contribution in [1.29, 1.82) is 0 Å². The lowest BCUT2D eigenvalue weighted by molar-refractivity contribution is 0.207. The largest absolute Gasteiger partial charge is 0.376 e. The maximum atomic E-state index is 12.1. The Morgan fingerprint density at radius 1 is 1.18 bits per heavy atom. The highest BCUT2D eigenvalue weighted by Gasteiger charge is 2.25. The molecule has 1 saturated heterocycles. The summed E-state index contributed by atoms with van der Waals surface area (Å²) in [6.07, 6.45) is 1.02. The first kappa shape index (κ1) is 11.8. The number of carbonyl (C=O) groups is 1. The van der Waals surface area contributed by atoms with Crippen LogP contribution in [-0.4, -0.2) is 45.2 Å². The van der Waals surface area contributed by atoms with Crippen LogP contribution in [0.4, 0.5) is 16.2 Å². The summed E-state index contributed by atoms with van der Waals surface area (Å²) in [4.78, 5) is 17.8. The predicted octanol–water partition coefficient (Wildman–Crippen LogP) is 2.01. The predicted molar refractivity (Wildman–Crippen MR) is 70.8 cm³/mol. The Balaban J connectivity index is 2.36. The van der Waals surface area contributed by atoms with Gasteiger partial charge in [0, 0.05) is 34.2 Å². The molecule has 1 aliphatic rings. The molecule has 17 heavy (non-hydrogen) atoms. The van der Waals surface area contributed by atoms with Crippen LogP contribution in [0.25, 0.3) is 0 Å². The molecule has 2 amide bonds. The minimum absolute atomic E-state index is 0.0885. The maximum Gasteiger partial charge on any atom is 0.324 e. The zero-order chi connectivity index (χ0) is 12.4. The van der Waals surface area contributed by atoms with Gasteiger partial charge in [-0.3, -0.25) is 4.90 Å². The van der Waals surface area contributed by atoms with Crippen molar-refractivity contribution >= 4 is 17.4 Å². The Bertz CT molecular complexity index is 417. The number of anilines is 2. The van der Waals surface area contributed by atoms with E-state index in [0.717, 1.165) is 30.9 Å². The van der Waals surface area contributed by atoms with Crippen LogP contribution in [0, 0.1) is 0 Å². The molecule has 0 saturated carbocycles. The minimum atomic E-state index is 0.0885. The summed E-state index contributed by atoms with van der Waals surface area (Å²) >= 11 is 0. The highest BCUT2D eigenvalue weighted by molar-refractivity contribution is 5.96. The quantitative estimate of drug-likeness (QED) is 0.781. The second-order valence-electron chi connectivity index (χ2n) is 4.59. The van der Waals surface area contributed by atoms with Gasteiger partial charge in [-0.25, -0.2) is 4.79 Å². The Hall–Kier alpha value is -1.71. The van der Waals surface area contributed by atoms with Crippen LogP contribution in [0.2, 0.25) is 0 Å². The molecule has 0 bridgehead atoms. The van der Waals surface area contributed by atoms with Crippen LogP contribution in [0.3, 0.4) is 0 Å². The monoisotopic (exact) mass is 233 g/mol. The van der Waals surface area contributed by atoms with E-state index in [-0.39, 0.29) is 6.03 Å². The molecule has 1 fully saturated rings. The van der Waals surface area contributed by atoms with Gasteiger partial charge in [0.1, 0.15) is 0 Å². The van der Waals surface area contributed by atoms with Crippen LogP contribution in [0.5, 0.6) is 0 Å². The van der Waals surface area contributed by atoms with Crippen molar-refractivity contribution < 1.29 is 4.79 Å². The fraction of sp³-hybridized carbons (Fsp3) is 0.462. The van der Waals surface area contributed by atoms with Crippen molar-refractivity contribution in [3.8, 4) is 0 Å². The summed E-state index contributed by atoms with van der Waals surface area (Å²) in [5, 5.41) is 0. The smallest absolute Gasteiger partial charge is 0.324 e. The number of rotatable bonds is 2. The molecule has 1 aliphatic heterocycles. The third-order valence-electron chi connectivity index (χ3n) is 3.09. The van der Waals surface area contributed by atoms with Crippen LogP contribution in [0.15, 0.2) is 24.3 Å². The summed E-state index contributed by atoms with van der Waals surface area (Å²) in [5.74, 6) is 0. The van der Waals surface area contributed by atoms with E-state index in [1.807, 2.05) is 55.2 Å². The number of hydrogen-bond acceptors (Lipinski definition) is 2. The molecule has 0 N–H and O–H groups in total. The Kier molecular flexibility index (Phi) is 3.22. The summed E-state index contributed by atoms with van der Waals surface area (Å²) in [6.45, 7) is 1.65. The zero-order valence-electron chi connectivity index (χ0n) is 10.7. The third kappa shape index (κ3) is 2.20. The molecule has 0 radical (unpaired) electrons. The first-order valence-corrected chi connectivity index (χ1v) is 5.90. The third-order valence-corrected chi connectivity index (χ3v) is 3.09. The van der Waals surface area contributed by atoms with Crippen LogP contribution < -0.4 is 9.80 Å². The number of hydrogen-bond donors (Lipinski definition) is 0. The van der Waals surface area contributed by atoms with E-state index >= 15 is 0 Å². The Morgan fingerprint density at radius 3 is 2.59 bits per heavy atom. The molecule has 1 aromatic rings. The zero-order valence-corrected chi connectivity index (χ0v) is 10.7. The molecular weight excluding hydrogens is 214 g/mol. The fourth-order valence-corrected chi connectivity index (χ4v) is 2.16.